The molecule has 0 radical (unpaired) electrons. The Morgan fingerprint density at radius 1 is 1.35 bits per heavy atom. The molecule has 1 fully saturated rings. The number of carbonyl (C=O) groups is 1. The van der Waals surface area contributed by atoms with Gasteiger partial charge >= 0.3 is 12.3 Å². The second-order valence-electron chi connectivity index (χ2n) is 4.69. The molecule has 4 nitrogen and oxygen atoms in total. The number of nitrogens with one attached hydrogen (secondary N) is 2. The fourth-order valence-electron chi connectivity index (χ4n) is 2.07. The van der Waals surface area contributed by atoms with Gasteiger partial charge in [0.15, 0.2) is 5.54 Å². The first-order chi connectivity index (χ1) is 9.43. The summed E-state index contributed by atoms with van der Waals surface area (Å²) in [7, 11) is 0. The highest BCUT2D eigenvalue weighted by Crippen LogP contribution is 2.35. The van der Waals surface area contributed by atoms with Crippen LogP contribution in [-0.4, -0.2) is 30.9 Å². The van der Waals surface area contributed by atoms with Crippen LogP contribution >= 0.6 is 0 Å². The molecule has 1 aliphatic heterocycles. The van der Waals surface area contributed by atoms with Crippen molar-refractivity contribution < 1.29 is 22.7 Å². The zero-order valence-corrected chi connectivity index (χ0v) is 10.7. The zero-order chi connectivity index (χ0) is 14.6. The second kappa shape index (κ2) is 5.70. The Bertz CT molecular complexity index is 456. The van der Waals surface area contributed by atoms with Gasteiger partial charge < -0.3 is 15.4 Å². The zero-order valence-electron chi connectivity index (χ0n) is 10.7. The first-order valence-corrected chi connectivity index (χ1v) is 6.19. The van der Waals surface area contributed by atoms with Gasteiger partial charge in [-0.05, 0) is 18.5 Å². The van der Waals surface area contributed by atoms with E-state index in [2.05, 4.69) is 5.32 Å². The van der Waals surface area contributed by atoms with Gasteiger partial charge in [-0.15, -0.1) is 0 Å². The van der Waals surface area contributed by atoms with Gasteiger partial charge in [-0.25, -0.2) is 4.79 Å². The van der Waals surface area contributed by atoms with Crippen LogP contribution in [0.15, 0.2) is 30.3 Å². The summed E-state index contributed by atoms with van der Waals surface area (Å²) in [6.45, 7) is -0.191. The third-order valence-corrected chi connectivity index (χ3v) is 3.25. The first kappa shape index (κ1) is 14.6. The third kappa shape index (κ3) is 3.22. The fourth-order valence-corrected chi connectivity index (χ4v) is 2.07. The molecule has 20 heavy (non-hydrogen) atoms. The lowest BCUT2D eigenvalue weighted by Gasteiger charge is -2.31. The van der Waals surface area contributed by atoms with Crippen molar-refractivity contribution in [1.29, 1.82) is 0 Å². The van der Waals surface area contributed by atoms with Crippen molar-refractivity contribution in [2.24, 2.45) is 0 Å². The molecular weight excluding hydrogens is 273 g/mol. The van der Waals surface area contributed by atoms with Crippen LogP contribution in [0.1, 0.15) is 12.0 Å². The smallest absolute Gasteiger partial charge is 0.412 e. The van der Waals surface area contributed by atoms with E-state index in [0.29, 0.717) is 5.56 Å². The Hall–Kier alpha value is -1.76. The van der Waals surface area contributed by atoms with Crippen molar-refractivity contribution >= 4 is 6.09 Å². The molecule has 0 aromatic heterocycles. The van der Waals surface area contributed by atoms with E-state index in [1.807, 2.05) is 5.32 Å². The van der Waals surface area contributed by atoms with Crippen LogP contribution in [0.3, 0.4) is 0 Å². The molecule has 0 spiro atoms. The average Bonchev–Trinajstić information content (AvgIpc) is 2.87. The third-order valence-electron chi connectivity index (χ3n) is 3.25. The SMILES string of the molecule is O=C(N[C@]1(C(F)(F)F)CCNC1)OCc1ccccc1. The first-order valence-electron chi connectivity index (χ1n) is 6.19. The van der Waals surface area contributed by atoms with E-state index in [-0.39, 0.29) is 26.1 Å². The molecule has 0 saturated carbocycles. The summed E-state index contributed by atoms with van der Waals surface area (Å²) >= 11 is 0. The molecule has 110 valence electrons. The molecule has 0 unspecified atom stereocenters. The Kier molecular flexibility index (Phi) is 4.17. The average molecular weight is 288 g/mol. The van der Waals surface area contributed by atoms with Crippen LogP contribution in [-0.2, 0) is 11.3 Å². The van der Waals surface area contributed by atoms with Gasteiger partial charge in [-0.2, -0.15) is 13.2 Å². The maximum absolute atomic E-state index is 13.0. The molecule has 1 atom stereocenters. The summed E-state index contributed by atoms with van der Waals surface area (Å²) in [4.78, 5) is 11.6. The highest BCUT2D eigenvalue weighted by molar-refractivity contribution is 5.68. The molecule has 2 N–H and O–H groups in total. The standard InChI is InChI=1S/C13H15F3N2O2/c14-13(15,16)12(6-7-17-9-12)18-11(19)20-8-10-4-2-1-3-5-10/h1-5,17H,6-9H2,(H,18,19)/t12-/m1/s1. The van der Waals surface area contributed by atoms with Crippen LogP contribution in [0.25, 0.3) is 0 Å². The van der Waals surface area contributed by atoms with Gasteiger partial charge in [0.25, 0.3) is 0 Å². The normalized spacial score (nSPS) is 22.6. The Morgan fingerprint density at radius 2 is 2.05 bits per heavy atom. The van der Waals surface area contributed by atoms with Crippen LogP contribution < -0.4 is 10.6 Å². The molecule has 2 rings (SSSR count). The monoisotopic (exact) mass is 288 g/mol. The van der Waals surface area contributed by atoms with Crippen molar-refractivity contribution in [1.82, 2.24) is 10.6 Å². The number of alkyl carbamates (subject to hydrolysis) is 1. The number of carbonyl (C=O) groups excluding carboxylic acids is 1. The number of hydrogen-bond donors (Lipinski definition) is 2. The molecule has 1 amide bonds. The number of ether oxygens (including phenoxy) is 1. The highest BCUT2D eigenvalue weighted by Gasteiger charge is 2.57. The summed E-state index contributed by atoms with van der Waals surface area (Å²) in [6, 6.07) is 8.77. The number of hydrogen-bond acceptors (Lipinski definition) is 3. The number of rotatable bonds is 3. The molecule has 7 heteroatoms. The van der Waals surface area contributed by atoms with E-state index in [1.165, 1.54) is 0 Å². The van der Waals surface area contributed by atoms with E-state index in [0.717, 1.165) is 0 Å². The van der Waals surface area contributed by atoms with Crippen molar-refractivity contribution in [2.75, 3.05) is 13.1 Å². The van der Waals surface area contributed by atoms with E-state index in [1.54, 1.807) is 30.3 Å². The van der Waals surface area contributed by atoms with Crippen LogP contribution in [0.2, 0.25) is 0 Å². The van der Waals surface area contributed by atoms with E-state index < -0.39 is 17.8 Å². The van der Waals surface area contributed by atoms with Gasteiger partial charge in [0, 0.05) is 6.54 Å². The molecule has 1 aliphatic rings. The summed E-state index contributed by atoms with van der Waals surface area (Å²) in [5, 5.41) is 4.56. The Morgan fingerprint density at radius 3 is 2.60 bits per heavy atom. The lowest BCUT2D eigenvalue weighted by molar-refractivity contribution is -0.188. The summed E-state index contributed by atoms with van der Waals surface area (Å²) in [5.74, 6) is 0. The van der Waals surface area contributed by atoms with Crippen LogP contribution in [0.5, 0.6) is 0 Å². The topological polar surface area (TPSA) is 50.4 Å². The van der Waals surface area contributed by atoms with Gasteiger partial charge in [-0.1, -0.05) is 30.3 Å². The Labute approximate surface area is 114 Å². The number of benzene rings is 1. The molecular formula is C13H15F3N2O2. The van der Waals surface area contributed by atoms with Crippen molar-refractivity contribution in [3.05, 3.63) is 35.9 Å². The van der Waals surface area contributed by atoms with Gasteiger partial charge in [-0.3, -0.25) is 0 Å². The van der Waals surface area contributed by atoms with E-state index in [4.69, 9.17) is 4.74 Å². The molecule has 1 aromatic rings. The second-order valence-corrected chi connectivity index (χ2v) is 4.69. The number of alkyl halides is 3. The minimum Gasteiger partial charge on any atom is -0.445 e. The fraction of sp³-hybridized carbons (Fsp3) is 0.462. The molecule has 0 aliphatic carbocycles. The van der Waals surface area contributed by atoms with Crippen molar-refractivity contribution in [2.45, 2.75) is 24.7 Å². The van der Waals surface area contributed by atoms with E-state index in [9.17, 15) is 18.0 Å². The predicted octanol–water partition coefficient (Wildman–Crippen LogP) is 2.21. The molecule has 1 heterocycles. The van der Waals surface area contributed by atoms with Gasteiger partial charge in [0.2, 0.25) is 0 Å². The summed E-state index contributed by atoms with van der Waals surface area (Å²) in [5.41, 5.74) is -1.52. The van der Waals surface area contributed by atoms with Crippen molar-refractivity contribution in [3.63, 3.8) is 0 Å². The van der Waals surface area contributed by atoms with Crippen LogP contribution in [0, 0.1) is 0 Å². The quantitative estimate of drug-likeness (QED) is 0.896. The molecule has 1 saturated heterocycles. The highest BCUT2D eigenvalue weighted by atomic mass is 19.4. The van der Waals surface area contributed by atoms with Crippen LogP contribution in [0.4, 0.5) is 18.0 Å². The maximum Gasteiger partial charge on any atom is 0.412 e. The van der Waals surface area contributed by atoms with Gasteiger partial charge in [0.05, 0.1) is 0 Å². The number of halogens is 3. The lowest BCUT2D eigenvalue weighted by Crippen LogP contribution is -2.60. The largest absolute Gasteiger partial charge is 0.445 e. The lowest BCUT2D eigenvalue weighted by atomic mass is 9.98. The van der Waals surface area contributed by atoms with Gasteiger partial charge in [0.1, 0.15) is 6.61 Å². The molecule has 1 aromatic carbocycles. The predicted molar refractivity (Wildman–Crippen MR) is 66.0 cm³/mol. The summed E-state index contributed by atoms with van der Waals surface area (Å²) < 4.78 is 43.9. The molecule has 0 bridgehead atoms. The minimum atomic E-state index is -4.51. The Balaban J connectivity index is 1.93. The van der Waals surface area contributed by atoms with Crippen molar-refractivity contribution in [3.8, 4) is 0 Å². The number of amides is 1. The minimum absolute atomic E-state index is 0.0615. The van der Waals surface area contributed by atoms with E-state index >= 15 is 0 Å². The summed E-state index contributed by atoms with van der Waals surface area (Å²) in [6.07, 6.45) is -5.77. The maximum atomic E-state index is 13.0.